The predicted molar refractivity (Wildman–Crippen MR) is 42.1 cm³/mol. The molecule has 0 atom stereocenters. The minimum absolute atomic E-state index is 0.166. The van der Waals surface area contributed by atoms with Crippen molar-refractivity contribution in [2.75, 3.05) is 13.2 Å². The number of hydrogen-bond acceptors (Lipinski definition) is 4. The first-order chi connectivity index (χ1) is 5.54. The fraction of sp³-hybridized carbons (Fsp3) is 0.333. The van der Waals surface area contributed by atoms with Crippen LogP contribution in [0.2, 0.25) is 0 Å². The maximum atomic E-state index is 10.1. The number of rotatable bonds is 3. The molecule has 0 spiro atoms. The Balaban J connectivity index is 0. The van der Waals surface area contributed by atoms with Gasteiger partial charge in [0, 0.05) is 11.6 Å². The van der Waals surface area contributed by atoms with Crippen molar-refractivity contribution in [3.05, 3.63) is 12.7 Å². The molecule has 12 heavy (non-hydrogen) atoms. The molecule has 0 bridgehead atoms. The Hall–Kier alpha value is -1.07. The average Bonchev–Trinajstić information content (AvgIpc) is 1.99. The summed E-state index contributed by atoms with van der Waals surface area (Å²) in [5, 5.41) is 15.2. The number of aliphatic hydroxyl groups is 1. The van der Waals surface area contributed by atoms with Crippen LogP contribution in [0.4, 0.5) is 4.79 Å². The van der Waals surface area contributed by atoms with Crippen molar-refractivity contribution < 1.29 is 24.5 Å². The van der Waals surface area contributed by atoms with Crippen molar-refractivity contribution in [1.29, 1.82) is 0 Å². The van der Waals surface area contributed by atoms with Crippen LogP contribution < -0.4 is 0 Å². The molecule has 5 nitrogen and oxygen atoms in total. The van der Waals surface area contributed by atoms with Gasteiger partial charge in [0.15, 0.2) is 0 Å². The Morgan fingerprint density at radius 3 is 2.25 bits per heavy atom. The van der Waals surface area contributed by atoms with Gasteiger partial charge in [0.05, 0.1) is 0 Å². The van der Waals surface area contributed by atoms with Crippen LogP contribution in [0.1, 0.15) is 0 Å². The molecule has 0 saturated heterocycles. The number of hydrogen-bond donors (Lipinski definition) is 2. The Bertz CT molecular complexity index is 152. The third-order valence-corrected chi connectivity index (χ3v) is 0.491. The second kappa shape index (κ2) is 9.93. The molecule has 0 heterocycles. The standard InChI is InChI=1S/C5H8O3.CHClO2/c1-2-3-8-5(7)4-6;2-1(3)4/h2,6H,1,3-4H2;(H,3,4). The topological polar surface area (TPSA) is 83.8 Å². The van der Waals surface area contributed by atoms with Gasteiger partial charge in [-0.3, -0.25) is 0 Å². The van der Waals surface area contributed by atoms with E-state index in [4.69, 9.17) is 15.0 Å². The SMILES string of the molecule is C=CCOC(=O)CO.O=C(O)Cl. The van der Waals surface area contributed by atoms with Gasteiger partial charge in [-0.15, -0.1) is 0 Å². The minimum atomic E-state index is -1.36. The fourth-order valence-corrected chi connectivity index (χ4v) is 0.198. The zero-order valence-corrected chi connectivity index (χ0v) is 6.95. The first kappa shape index (κ1) is 13.5. The van der Waals surface area contributed by atoms with Gasteiger partial charge in [-0.05, 0) is 0 Å². The highest BCUT2D eigenvalue weighted by molar-refractivity contribution is 6.60. The second-order valence-corrected chi connectivity index (χ2v) is 1.71. The number of esters is 1. The van der Waals surface area contributed by atoms with Gasteiger partial charge < -0.3 is 14.9 Å². The molecule has 0 amide bonds. The molecule has 2 N–H and O–H groups in total. The second-order valence-electron chi connectivity index (χ2n) is 1.38. The van der Waals surface area contributed by atoms with Crippen LogP contribution in [-0.4, -0.2) is 34.8 Å². The van der Waals surface area contributed by atoms with Crippen LogP contribution >= 0.6 is 11.6 Å². The lowest BCUT2D eigenvalue weighted by Gasteiger charge is -1.94. The summed E-state index contributed by atoms with van der Waals surface area (Å²) in [5.41, 5.74) is -1.36. The number of aliphatic hydroxyl groups excluding tert-OH is 1. The summed E-state index contributed by atoms with van der Waals surface area (Å²) >= 11 is 4.19. The van der Waals surface area contributed by atoms with E-state index in [-0.39, 0.29) is 6.61 Å². The Morgan fingerprint density at radius 2 is 2.00 bits per heavy atom. The molecule has 0 aliphatic rings. The smallest absolute Gasteiger partial charge is 0.401 e. The van der Waals surface area contributed by atoms with Crippen molar-refractivity contribution in [3.8, 4) is 0 Å². The lowest BCUT2D eigenvalue weighted by Crippen LogP contribution is -2.08. The largest absolute Gasteiger partial charge is 0.469 e. The summed E-state index contributed by atoms with van der Waals surface area (Å²) < 4.78 is 4.33. The lowest BCUT2D eigenvalue weighted by atomic mass is 10.7. The zero-order chi connectivity index (χ0) is 9.98. The molecule has 0 aliphatic carbocycles. The third-order valence-electron chi connectivity index (χ3n) is 0.491. The molecule has 0 aromatic carbocycles. The van der Waals surface area contributed by atoms with E-state index in [0.717, 1.165) is 0 Å². The van der Waals surface area contributed by atoms with Crippen LogP contribution in [0, 0.1) is 0 Å². The Morgan fingerprint density at radius 1 is 1.58 bits per heavy atom. The van der Waals surface area contributed by atoms with Crippen LogP contribution in [-0.2, 0) is 9.53 Å². The van der Waals surface area contributed by atoms with Gasteiger partial charge in [-0.2, -0.15) is 0 Å². The Kier molecular flexibility index (Phi) is 11.2. The molecule has 0 unspecified atom stereocenters. The number of halogens is 1. The number of carbonyl (C=O) groups is 2. The first-order valence-corrected chi connectivity index (χ1v) is 3.18. The highest BCUT2D eigenvalue weighted by Crippen LogP contribution is 1.74. The van der Waals surface area contributed by atoms with Crippen molar-refractivity contribution in [3.63, 3.8) is 0 Å². The summed E-state index contributed by atoms with van der Waals surface area (Å²) in [7, 11) is 0. The molecule has 0 aromatic heterocycles. The van der Waals surface area contributed by atoms with Gasteiger partial charge in [-0.25, -0.2) is 9.59 Å². The fourth-order valence-electron chi connectivity index (χ4n) is 0.198. The molecule has 0 aromatic rings. The van der Waals surface area contributed by atoms with Gasteiger partial charge in [0.25, 0.3) is 0 Å². The van der Waals surface area contributed by atoms with E-state index in [9.17, 15) is 4.79 Å². The monoisotopic (exact) mass is 196 g/mol. The number of carboxylic acid groups (broad SMARTS) is 1. The summed E-state index contributed by atoms with van der Waals surface area (Å²) in [6.45, 7) is 2.91. The molecule has 0 rings (SSSR count). The van der Waals surface area contributed by atoms with Crippen LogP contribution in [0.5, 0.6) is 0 Å². The van der Waals surface area contributed by atoms with E-state index in [1.807, 2.05) is 0 Å². The summed E-state index contributed by atoms with van der Waals surface area (Å²) in [6.07, 6.45) is 1.44. The quantitative estimate of drug-likeness (QED) is 0.393. The van der Waals surface area contributed by atoms with Crippen LogP contribution in [0.15, 0.2) is 12.7 Å². The van der Waals surface area contributed by atoms with Gasteiger partial charge in [-0.1, -0.05) is 12.7 Å². The minimum Gasteiger partial charge on any atom is -0.469 e. The summed E-state index contributed by atoms with van der Waals surface area (Å²) in [5.74, 6) is -0.620. The van der Waals surface area contributed by atoms with E-state index < -0.39 is 18.0 Å². The molecule has 0 aliphatic heterocycles. The van der Waals surface area contributed by atoms with E-state index in [1.54, 1.807) is 0 Å². The molecule has 0 radical (unpaired) electrons. The highest BCUT2D eigenvalue weighted by atomic mass is 35.5. The maximum Gasteiger partial charge on any atom is 0.401 e. The highest BCUT2D eigenvalue weighted by Gasteiger charge is 1.93. The van der Waals surface area contributed by atoms with Gasteiger partial charge in [0.2, 0.25) is 0 Å². The van der Waals surface area contributed by atoms with E-state index in [1.165, 1.54) is 6.08 Å². The van der Waals surface area contributed by atoms with Crippen molar-refractivity contribution >= 4 is 23.0 Å². The molecule has 6 heteroatoms. The summed E-state index contributed by atoms with van der Waals surface area (Å²) in [4.78, 5) is 18.8. The third kappa shape index (κ3) is 23.1. The van der Waals surface area contributed by atoms with Crippen LogP contribution in [0.25, 0.3) is 0 Å². The van der Waals surface area contributed by atoms with Crippen molar-refractivity contribution in [1.82, 2.24) is 0 Å². The number of carbonyl (C=O) groups excluding carboxylic acids is 1. The van der Waals surface area contributed by atoms with Crippen molar-refractivity contribution in [2.45, 2.75) is 0 Å². The van der Waals surface area contributed by atoms with E-state index >= 15 is 0 Å². The molecular formula is C6H9ClO5. The summed E-state index contributed by atoms with van der Waals surface area (Å²) in [6, 6.07) is 0. The molecule has 0 saturated carbocycles. The Labute approximate surface area is 74.2 Å². The van der Waals surface area contributed by atoms with E-state index in [0.29, 0.717) is 0 Å². The number of ether oxygens (including phenoxy) is 1. The van der Waals surface area contributed by atoms with Gasteiger partial charge >= 0.3 is 11.4 Å². The average molecular weight is 197 g/mol. The van der Waals surface area contributed by atoms with Crippen molar-refractivity contribution in [2.24, 2.45) is 0 Å². The first-order valence-electron chi connectivity index (χ1n) is 2.80. The maximum absolute atomic E-state index is 10.1. The molecule has 0 fully saturated rings. The predicted octanol–water partition coefficient (Wildman–Crippen LogP) is 0.611. The molecule has 70 valence electrons. The van der Waals surface area contributed by atoms with Gasteiger partial charge in [0.1, 0.15) is 13.2 Å². The lowest BCUT2D eigenvalue weighted by molar-refractivity contribution is -0.145. The zero-order valence-electron chi connectivity index (χ0n) is 6.20. The van der Waals surface area contributed by atoms with Crippen LogP contribution in [0.3, 0.4) is 0 Å². The van der Waals surface area contributed by atoms with E-state index in [2.05, 4.69) is 22.9 Å². The normalized spacial score (nSPS) is 7.50. The molecular weight excluding hydrogens is 188 g/mol.